The Kier molecular flexibility index (Phi) is 6.58. The minimum absolute atomic E-state index is 0.0763. The Labute approximate surface area is 211 Å². The number of phenols is 1. The molecule has 3 heterocycles. The number of nitrogens with one attached hydrogen (secondary N) is 2. The fourth-order valence-corrected chi connectivity index (χ4v) is 5.92. The summed E-state index contributed by atoms with van der Waals surface area (Å²) in [6, 6.07) is 13.2. The first kappa shape index (κ1) is 24.1. The fourth-order valence-electron chi connectivity index (χ4n) is 3.79. The molecule has 0 aliphatic carbocycles. The van der Waals surface area contributed by atoms with Gasteiger partial charge in [0, 0.05) is 29.6 Å². The summed E-state index contributed by atoms with van der Waals surface area (Å²) >= 11 is 1.25. The lowest BCUT2D eigenvalue weighted by Gasteiger charge is -2.26. The van der Waals surface area contributed by atoms with Crippen LogP contribution in [0.25, 0.3) is 22.5 Å². The molecule has 3 N–H and O–H groups in total. The van der Waals surface area contributed by atoms with E-state index in [2.05, 4.69) is 20.5 Å². The largest absolute Gasteiger partial charge is 0.507 e. The lowest BCUT2D eigenvalue weighted by Crippen LogP contribution is -2.40. The molecule has 1 aliphatic rings. The number of aromatic amines is 1. The summed E-state index contributed by atoms with van der Waals surface area (Å²) < 4.78 is 32.3. The van der Waals surface area contributed by atoms with Gasteiger partial charge in [-0.2, -0.15) is 9.40 Å². The highest BCUT2D eigenvalue weighted by atomic mass is 32.2. The van der Waals surface area contributed by atoms with Crippen molar-refractivity contribution in [2.75, 3.05) is 31.6 Å². The first-order chi connectivity index (χ1) is 17.3. The van der Waals surface area contributed by atoms with Gasteiger partial charge in [-0.1, -0.05) is 23.8 Å². The van der Waals surface area contributed by atoms with E-state index in [0.29, 0.717) is 48.4 Å². The Bertz CT molecular complexity index is 1510. The highest BCUT2D eigenvalue weighted by Crippen LogP contribution is 2.30. The zero-order valence-corrected chi connectivity index (χ0v) is 20.9. The number of rotatable bonds is 6. The van der Waals surface area contributed by atoms with Crippen molar-refractivity contribution < 1.29 is 23.1 Å². The van der Waals surface area contributed by atoms with Gasteiger partial charge in [-0.05, 0) is 37.3 Å². The van der Waals surface area contributed by atoms with Crippen molar-refractivity contribution in [1.82, 2.24) is 19.5 Å². The molecule has 1 aliphatic heterocycles. The third-order valence-electron chi connectivity index (χ3n) is 5.73. The molecule has 36 heavy (non-hydrogen) atoms. The maximum Gasteiger partial charge on any atom is 0.275 e. The number of H-pyrrole nitrogens is 1. The van der Waals surface area contributed by atoms with E-state index in [1.54, 1.807) is 53.9 Å². The summed E-state index contributed by atoms with van der Waals surface area (Å²) in [7, 11) is -3.57. The van der Waals surface area contributed by atoms with Crippen molar-refractivity contribution in [2.24, 2.45) is 0 Å². The molecule has 12 heteroatoms. The summed E-state index contributed by atoms with van der Waals surface area (Å²) in [6.07, 6.45) is 0. The SMILES string of the molecule is Cc1ccc(O)c(-c2cc(C(=O)Nc3nc(-c4ccc(S(=O)(=O)N5CCOCC5)cc4)cs3)[nH]n2)c1. The molecule has 2 aromatic heterocycles. The maximum atomic E-state index is 12.8. The molecule has 1 saturated heterocycles. The summed E-state index contributed by atoms with van der Waals surface area (Å²) in [5, 5.41) is 21.8. The van der Waals surface area contributed by atoms with Crippen molar-refractivity contribution in [3.05, 3.63) is 65.2 Å². The van der Waals surface area contributed by atoms with Crippen LogP contribution >= 0.6 is 11.3 Å². The Morgan fingerprint density at radius 1 is 1.11 bits per heavy atom. The zero-order chi connectivity index (χ0) is 25.3. The van der Waals surface area contributed by atoms with Gasteiger partial charge >= 0.3 is 0 Å². The van der Waals surface area contributed by atoms with E-state index in [1.807, 2.05) is 6.92 Å². The molecule has 4 aromatic rings. The quantitative estimate of drug-likeness (QED) is 0.350. The Morgan fingerprint density at radius 3 is 2.61 bits per heavy atom. The maximum absolute atomic E-state index is 12.8. The van der Waals surface area contributed by atoms with Gasteiger partial charge in [0.15, 0.2) is 5.13 Å². The molecular formula is C24H23N5O5S2. The van der Waals surface area contributed by atoms with Gasteiger partial charge in [0.05, 0.1) is 29.5 Å². The molecule has 0 atom stereocenters. The second kappa shape index (κ2) is 9.82. The summed E-state index contributed by atoms with van der Waals surface area (Å²) in [5.41, 5.74) is 3.50. The number of amides is 1. The van der Waals surface area contributed by atoms with Crippen LogP contribution in [0.3, 0.4) is 0 Å². The van der Waals surface area contributed by atoms with Crippen LogP contribution < -0.4 is 5.32 Å². The van der Waals surface area contributed by atoms with E-state index in [9.17, 15) is 18.3 Å². The number of aryl methyl sites for hydroxylation is 1. The summed E-state index contributed by atoms with van der Waals surface area (Å²) in [6.45, 7) is 3.35. The molecule has 0 unspecified atom stereocenters. The number of anilines is 1. The van der Waals surface area contributed by atoms with Gasteiger partial charge in [0.2, 0.25) is 10.0 Å². The van der Waals surface area contributed by atoms with Gasteiger partial charge in [0.1, 0.15) is 11.4 Å². The number of carbonyl (C=O) groups is 1. The Balaban J connectivity index is 1.28. The summed E-state index contributed by atoms with van der Waals surface area (Å²) in [4.78, 5) is 17.4. The molecule has 2 aromatic carbocycles. The number of sulfonamides is 1. The van der Waals surface area contributed by atoms with Crippen molar-refractivity contribution >= 4 is 32.4 Å². The molecule has 186 valence electrons. The number of phenolic OH excluding ortho intramolecular Hbond substituents is 1. The molecule has 1 fully saturated rings. The van der Waals surface area contributed by atoms with Gasteiger partial charge in [-0.15, -0.1) is 11.3 Å². The number of morpholine rings is 1. The highest BCUT2D eigenvalue weighted by molar-refractivity contribution is 7.89. The van der Waals surface area contributed by atoms with Crippen LogP contribution in [0.15, 0.2) is 58.8 Å². The number of carbonyl (C=O) groups excluding carboxylic acids is 1. The van der Waals surface area contributed by atoms with E-state index in [1.165, 1.54) is 15.6 Å². The second-order valence-corrected chi connectivity index (χ2v) is 11.0. The molecule has 0 saturated carbocycles. The lowest BCUT2D eigenvalue weighted by molar-refractivity contribution is 0.0730. The number of hydrogen-bond acceptors (Lipinski definition) is 8. The van der Waals surface area contributed by atoms with Crippen LogP contribution in [0.4, 0.5) is 5.13 Å². The first-order valence-electron chi connectivity index (χ1n) is 11.1. The van der Waals surface area contributed by atoms with Crippen molar-refractivity contribution in [3.63, 3.8) is 0 Å². The lowest BCUT2D eigenvalue weighted by atomic mass is 10.1. The highest BCUT2D eigenvalue weighted by Gasteiger charge is 2.26. The average Bonchev–Trinajstić information content (AvgIpc) is 3.56. The summed E-state index contributed by atoms with van der Waals surface area (Å²) in [5.74, 6) is -0.346. The topological polar surface area (TPSA) is 138 Å². The molecule has 0 spiro atoms. The van der Waals surface area contributed by atoms with Crippen LogP contribution in [0.1, 0.15) is 16.1 Å². The number of aromatic nitrogens is 3. The first-order valence-corrected chi connectivity index (χ1v) is 13.4. The minimum atomic E-state index is -3.57. The number of nitrogens with zero attached hydrogens (tertiary/aromatic N) is 3. The molecule has 10 nitrogen and oxygen atoms in total. The zero-order valence-electron chi connectivity index (χ0n) is 19.3. The molecule has 0 bridgehead atoms. The molecule has 1 amide bonds. The number of benzene rings is 2. The number of ether oxygens (including phenoxy) is 1. The minimum Gasteiger partial charge on any atom is -0.507 e. The van der Waals surface area contributed by atoms with E-state index >= 15 is 0 Å². The molecule has 0 radical (unpaired) electrons. The van der Waals surface area contributed by atoms with Crippen LogP contribution in [0, 0.1) is 6.92 Å². The van der Waals surface area contributed by atoms with Crippen LogP contribution in [-0.4, -0.2) is 65.2 Å². The third-order valence-corrected chi connectivity index (χ3v) is 8.40. The standard InChI is InChI=1S/C24H23N5O5S2/c1-15-2-7-22(30)18(12-15)19-13-20(28-27-19)23(31)26-24-25-21(14-35-24)16-3-5-17(6-4-16)36(32,33)29-8-10-34-11-9-29/h2-7,12-14,30H,8-11H2,1H3,(H,27,28)(H,25,26,31). The fraction of sp³-hybridized carbons (Fsp3) is 0.208. The molecule has 5 rings (SSSR count). The number of thiazole rings is 1. The van der Waals surface area contributed by atoms with Crippen molar-refractivity contribution in [1.29, 1.82) is 0 Å². The molecular weight excluding hydrogens is 502 g/mol. The van der Waals surface area contributed by atoms with E-state index in [0.717, 1.165) is 11.1 Å². The van der Waals surface area contributed by atoms with Crippen molar-refractivity contribution in [2.45, 2.75) is 11.8 Å². The Morgan fingerprint density at radius 2 is 1.86 bits per heavy atom. The monoisotopic (exact) mass is 525 g/mol. The normalized spacial score (nSPS) is 14.6. The van der Waals surface area contributed by atoms with Crippen LogP contribution in [0.2, 0.25) is 0 Å². The van der Waals surface area contributed by atoms with E-state index < -0.39 is 15.9 Å². The number of aromatic hydroxyl groups is 1. The predicted octanol–water partition coefficient (Wildman–Crippen LogP) is 3.49. The Hall–Kier alpha value is -3.58. The van der Waals surface area contributed by atoms with Crippen molar-refractivity contribution in [3.8, 4) is 28.3 Å². The van der Waals surface area contributed by atoms with Crippen LogP contribution in [-0.2, 0) is 14.8 Å². The smallest absolute Gasteiger partial charge is 0.275 e. The van der Waals surface area contributed by atoms with E-state index in [-0.39, 0.29) is 16.3 Å². The second-order valence-electron chi connectivity index (χ2n) is 8.22. The number of hydrogen-bond donors (Lipinski definition) is 3. The van der Waals surface area contributed by atoms with Gasteiger partial charge < -0.3 is 9.84 Å². The van der Waals surface area contributed by atoms with Gasteiger partial charge in [-0.25, -0.2) is 13.4 Å². The van der Waals surface area contributed by atoms with Gasteiger partial charge in [-0.3, -0.25) is 15.2 Å². The van der Waals surface area contributed by atoms with Crippen LogP contribution in [0.5, 0.6) is 5.75 Å². The average molecular weight is 526 g/mol. The van der Waals surface area contributed by atoms with E-state index in [4.69, 9.17) is 4.74 Å². The van der Waals surface area contributed by atoms with Gasteiger partial charge in [0.25, 0.3) is 5.91 Å². The third kappa shape index (κ3) is 4.88. The predicted molar refractivity (Wildman–Crippen MR) is 136 cm³/mol.